The van der Waals surface area contributed by atoms with Gasteiger partial charge in [-0.25, -0.2) is 0 Å². The van der Waals surface area contributed by atoms with Crippen LogP contribution in [0, 0.1) is 13.8 Å². The fourth-order valence-electron chi connectivity index (χ4n) is 2.20. The molecule has 3 rings (SSSR count). The number of rotatable bonds is 0. The van der Waals surface area contributed by atoms with Crippen molar-refractivity contribution in [2.24, 2.45) is 0 Å². The molecule has 3 aromatic rings. The van der Waals surface area contributed by atoms with E-state index in [-0.39, 0.29) is 0 Å². The van der Waals surface area contributed by atoms with E-state index in [2.05, 4.69) is 25.1 Å². The van der Waals surface area contributed by atoms with Crippen LogP contribution in [-0.2, 0) is 0 Å². The number of nitrogen functional groups attached to an aromatic ring is 2. The van der Waals surface area contributed by atoms with Gasteiger partial charge in [-0.15, -0.1) is 11.3 Å². The summed E-state index contributed by atoms with van der Waals surface area (Å²) in [6.07, 6.45) is 0. The van der Waals surface area contributed by atoms with E-state index >= 15 is 0 Å². The molecule has 86 valence electrons. The number of aryl methyl sites for hydroxylation is 1. The smallest absolute Gasteiger partial charge is 0.0459 e. The second kappa shape index (κ2) is 3.37. The van der Waals surface area contributed by atoms with Crippen molar-refractivity contribution in [2.75, 3.05) is 11.5 Å². The van der Waals surface area contributed by atoms with Crippen LogP contribution in [0.25, 0.3) is 20.2 Å². The normalized spacial score (nSPS) is 11.4. The van der Waals surface area contributed by atoms with Crippen LogP contribution < -0.4 is 11.5 Å². The van der Waals surface area contributed by atoms with E-state index in [9.17, 15) is 0 Å². The molecule has 0 amide bonds. The Morgan fingerprint density at radius 2 is 1.76 bits per heavy atom. The predicted molar refractivity (Wildman–Crippen MR) is 77.6 cm³/mol. The molecule has 17 heavy (non-hydrogen) atoms. The third kappa shape index (κ3) is 1.39. The van der Waals surface area contributed by atoms with Gasteiger partial charge >= 0.3 is 0 Å². The van der Waals surface area contributed by atoms with E-state index in [1.165, 1.54) is 20.3 Å². The Labute approximate surface area is 104 Å². The standard InChI is InChI=1S/C14H14N2S/c1-7-3-4-11-9(5-7)13-12(17-11)6-10(15)8(2)14(13)16/h3-6H,15-16H2,1-2H3. The van der Waals surface area contributed by atoms with Crippen molar-refractivity contribution in [3.63, 3.8) is 0 Å². The molecule has 3 heteroatoms. The van der Waals surface area contributed by atoms with Crippen LogP contribution in [0.5, 0.6) is 0 Å². The summed E-state index contributed by atoms with van der Waals surface area (Å²) in [7, 11) is 0. The SMILES string of the molecule is Cc1ccc2sc3cc(N)c(C)c(N)c3c2c1. The van der Waals surface area contributed by atoms with E-state index in [4.69, 9.17) is 11.5 Å². The summed E-state index contributed by atoms with van der Waals surface area (Å²) in [6.45, 7) is 4.08. The highest BCUT2D eigenvalue weighted by Gasteiger charge is 2.11. The van der Waals surface area contributed by atoms with Crippen LogP contribution in [0.1, 0.15) is 11.1 Å². The first-order valence-corrected chi connectivity index (χ1v) is 6.37. The Morgan fingerprint density at radius 1 is 1.00 bits per heavy atom. The van der Waals surface area contributed by atoms with Crippen molar-refractivity contribution >= 4 is 42.9 Å². The lowest BCUT2D eigenvalue weighted by molar-refractivity contribution is 1.50. The average Bonchev–Trinajstić information content (AvgIpc) is 2.63. The van der Waals surface area contributed by atoms with E-state index in [0.717, 1.165) is 22.3 Å². The zero-order valence-electron chi connectivity index (χ0n) is 9.87. The van der Waals surface area contributed by atoms with Gasteiger partial charge in [-0.05, 0) is 37.6 Å². The minimum atomic E-state index is 0.776. The summed E-state index contributed by atoms with van der Waals surface area (Å²) in [6, 6.07) is 8.51. The van der Waals surface area contributed by atoms with Gasteiger partial charge in [-0.1, -0.05) is 11.6 Å². The monoisotopic (exact) mass is 242 g/mol. The maximum Gasteiger partial charge on any atom is 0.0459 e. The molecule has 0 fully saturated rings. The van der Waals surface area contributed by atoms with Gasteiger partial charge in [-0.3, -0.25) is 0 Å². The van der Waals surface area contributed by atoms with Gasteiger partial charge in [0.25, 0.3) is 0 Å². The van der Waals surface area contributed by atoms with Gasteiger partial charge in [0.15, 0.2) is 0 Å². The average molecular weight is 242 g/mol. The van der Waals surface area contributed by atoms with Crippen molar-refractivity contribution in [2.45, 2.75) is 13.8 Å². The molecule has 0 unspecified atom stereocenters. The number of hydrogen-bond donors (Lipinski definition) is 2. The van der Waals surface area contributed by atoms with E-state index in [1.54, 1.807) is 11.3 Å². The van der Waals surface area contributed by atoms with Gasteiger partial charge in [0.1, 0.15) is 0 Å². The predicted octanol–water partition coefficient (Wildman–Crippen LogP) is 3.84. The molecular formula is C14H14N2S. The molecule has 4 N–H and O–H groups in total. The first-order chi connectivity index (χ1) is 8.08. The Bertz CT molecular complexity index is 741. The number of fused-ring (bicyclic) bond motifs is 3. The molecule has 0 aliphatic rings. The fourth-order valence-corrected chi connectivity index (χ4v) is 3.35. The molecule has 0 aliphatic carbocycles. The Morgan fingerprint density at radius 3 is 2.53 bits per heavy atom. The third-order valence-electron chi connectivity index (χ3n) is 3.26. The van der Waals surface area contributed by atoms with Gasteiger partial charge in [-0.2, -0.15) is 0 Å². The lowest BCUT2D eigenvalue weighted by atomic mass is 10.0. The van der Waals surface area contributed by atoms with Crippen LogP contribution in [0.2, 0.25) is 0 Å². The number of hydrogen-bond acceptors (Lipinski definition) is 3. The van der Waals surface area contributed by atoms with Crippen molar-refractivity contribution < 1.29 is 0 Å². The van der Waals surface area contributed by atoms with E-state index in [0.29, 0.717) is 0 Å². The van der Waals surface area contributed by atoms with Crippen molar-refractivity contribution in [1.29, 1.82) is 0 Å². The number of benzene rings is 2. The number of nitrogens with two attached hydrogens (primary N) is 2. The van der Waals surface area contributed by atoms with E-state index in [1.807, 2.05) is 13.0 Å². The highest BCUT2D eigenvalue weighted by molar-refractivity contribution is 7.26. The molecule has 1 heterocycles. The molecule has 0 saturated carbocycles. The fraction of sp³-hybridized carbons (Fsp3) is 0.143. The van der Waals surface area contributed by atoms with Crippen LogP contribution in [0.4, 0.5) is 11.4 Å². The quantitative estimate of drug-likeness (QED) is 0.588. The summed E-state index contributed by atoms with van der Waals surface area (Å²) in [5.74, 6) is 0. The Balaban J connectivity index is 2.59. The summed E-state index contributed by atoms with van der Waals surface area (Å²) in [5.41, 5.74) is 16.0. The summed E-state index contributed by atoms with van der Waals surface area (Å²) in [4.78, 5) is 0. The van der Waals surface area contributed by atoms with Crippen LogP contribution in [0.15, 0.2) is 24.3 Å². The van der Waals surface area contributed by atoms with Crippen molar-refractivity contribution in [3.05, 3.63) is 35.4 Å². The van der Waals surface area contributed by atoms with Crippen LogP contribution in [0.3, 0.4) is 0 Å². The number of anilines is 2. The summed E-state index contributed by atoms with van der Waals surface area (Å²) < 4.78 is 2.44. The maximum absolute atomic E-state index is 6.21. The molecule has 0 atom stereocenters. The molecule has 0 saturated heterocycles. The molecule has 0 bridgehead atoms. The first kappa shape index (κ1) is 10.4. The van der Waals surface area contributed by atoms with Crippen molar-refractivity contribution in [3.8, 4) is 0 Å². The molecule has 0 radical (unpaired) electrons. The maximum atomic E-state index is 6.21. The molecular weight excluding hydrogens is 228 g/mol. The van der Waals surface area contributed by atoms with Crippen molar-refractivity contribution in [1.82, 2.24) is 0 Å². The highest BCUT2D eigenvalue weighted by Crippen LogP contribution is 2.40. The highest BCUT2D eigenvalue weighted by atomic mass is 32.1. The van der Waals surface area contributed by atoms with Crippen LogP contribution in [-0.4, -0.2) is 0 Å². The Kier molecular flexibility index (Phi) is 2.07. The number of thiophene rings is 1. The van der Waals surface area contributed by atoms with E-state index < -0.39 is 0 Å². The lowest BCUT2D eigenvalue weighted by Gasteiger charge is -2.06. The van der Waals surface area contributed by atoms with Gasteiger partial charge in [0, 0.05) is 31.5 Å². The largest absolute Gasteiger partial charge is 0.398 e. The zero-order chi connectivity index (χ0) is 12.2. The minimum absolute atomic E-state index is 0.776. The summed E-state index contributed by atoms with van der Waals surface area (Å²) >= 11 is 1.75. The molecule has 2 aromatic carbocycles. The summed E-state index contributed by atoms with van der Waals surface area (Å²) in [5, 5.41) is 2.39. The topological polar surface area (TPSA) is 52.0 Å². The third-order valence-corrected chi connectivity index (χ3v) is 4.38. The second-order valence-corrected chi connectivity index (χ2v) is 5.56. The minimum Gasteiger partial charge on any atom is -0.398 e. The van der Waals surface area contributed by atoms with Crippen LogP contribution >= 0.6 is 11.3 Å². The Hall–Kier alpha value is -1.74. The van der Waals surface area contributed by atoms with Gasteiger partial charge in [0.2, 0.25) is 0 Å². The molecule has 0 aliphatic heterocycles. The molecule has 0 spiro atoms. The second-order valence-electron chi connectivity index (χ2n) is 4.48. The first-order valence-electron chi connectivity index (χ1n) is 5.55. The lowest BCUT2D eigenvalue weighted by Crippen LogP contribution is -1.96. The van der Waals surface area contributed by atoms with Gasteiger partial charge < -0.3 is 11.5 Å². The molecule has 1 aromatic heterocycles. The molecule has 2 nitrogen and oxygen atoms in total. The zero-order valence-corrected chi connectivity index (χ0v) is 10.7. The van der Waals surface area contributed by atoms with Gasteiger partial charge in [0.05, 0.1) is 0 Å².